The maximum atomic E-state index is 12.4. The van der Waals surface area contributed by atoms with Gasteiger partial charge in [0.05, 0.1) is 61.0 Å². The van der Waals surface area contributed by atoms with Crippen molar-refractivity contribution in [2.75, 3.05) is 69.9 Å². The molecule has 0 aliphatic heterocycles. The first-order chi connectivity index (χ1) is 63.3. The van der Waals surface area contributed by atoms with Crippen LogP contribution in [0.3, 0.4) is 0 Å². The molecule has 0 aromatic heterocycles. The van der Waals surface area contributed by atoms with Gasteiger partial charge in [-0.25, -0.2) is 22.8 Å². The van der Waals surface area contributed by atoms with Crippen molar-refractivity contribution in [1.29, 1.82) is 0 Å². The molecule has 44 heteroatoms. The lowest BCUT2D eigenvalue weighted by Gasteiger charge is -2.31. The van der Waals surface area contributed by atoms with Gasteiger partial charge < -0.3 is 66.0 Å². The van der Waals surface area contributed by atoms with E-state index in [0.717, 1.165) is 55.8 Å². The third-order valence-corrected chi connectivity index (χ3v) is 28.3. The molecule has 10 atom stereocenters. The van der Waals surface area contributed by atoms with Crippen molar-refractivity contribution in [3.8, 4) is 0 Å². The zero-order valence-corrected chi connectivity index (χ0v) is 101. The minimum absolute atomic E-state index is 0.0693. The molecule has 0 saturated heterocycles. The molecule has 850 valence electrons. The second-order valence-corrected chi connectivity index (χ2v) is 60.8. The highest BCUT2D eigenvalue weighted by Crippen LogP contribution is 2.53. The molecule has 0 aromatic carbocycles. The predicted molar refractivity (Wildman–Crippen MR) is 566 cm³/mol. The summed E-state index contributed by atoms with van der Waals surface area (Å²) >= 11 is 3.69. The topological polar surface area (TPSA) is 570 Å². The number of carbonyl (C=O) groups excluding carboxylic acids is 9. The van der Waals surface area contributed by atoms with Crippen LogP contribution in [0.25, 0.3) is 0 Å². The summed E-state index contributed by atoms with van der Waals surface area (Å²) in [5.74, 6) is 0.699. The van der Waals surface area contributed by atoms with Crippen LogP contribution in [-0.2, 0) is 111 Å². The van der Waals surface area contributed by atoms with Crippen LogP contribution < -0.4 is 16.0 Å². The molecule has 0 bridgehead atoms. The molecular formula is C99H198N3O34P5S2. The molecule has 0 radical (unpaired) electrons. The van der Waals surface area contributed by atoms with E-state index in [1.165, 1.54) is 13.8 Å². The van der Waals surface area contributed by atoms with Gasteiger partial charge in [-0.2, -0.15) is 23.5 Å². The summed E-state index contributed by atoms with van der Waals surface area (Å²) in [7, 11) is -21.5. The fraction of sp³-hybridized carbons (Fsp3) is 0.909. The lowest BCUT2D eigenvalue weighted by atomic mass is 9.83. The van der Waals surface area contributed by atoms with E-state index in [1.54, 1.807) is 159 Å². The van der Waals surface area contributed by atoms with Crippen LogP contribution >= 0.6 is 62.6 Å². The fourth-order valence-corrected chi connectivity index (χ4v) is 19.8. The van der Waals surface area contributed by atoms with Crippen LogP contribution in [0, 0.1) is 48.7 Å². The first-order valence-corrected chi connectivity index (χ1v) is 58.9. The van der Waals surface area contributed by atoms with Gasteiger partial charge in [0.25, 0.3) is 0 Å². The molecule has 0 spiro atoms. The van der Waals surface area contributed by atoms with Gasteiger partial charge in [-0.3, -0.25) is 88.4 Å². The molecular weight excluding hydrogens is 1990 g/mol. The van der Waals surface area contributed by atoms with Gasteiger partial charge in [0.1, 0.15) is 47.9 Å². The van der Waals surface area contributed by atoms with Gasteiger partial charge in [-0.05, 0) is 201 Å². The van der Waals surface area contributed by atoms with Crippen molar-refractivity contribution in [2.45, 2.75) is 462 Å². The zero-order chi connectivity index (χ0) is 114. The van der Waals surface area contributed by atoms with Gasteiger partial charge in [0.15, 0.2) is 17.3 Å². The maximum Gasteiger partial charge on any atom is 0.472 e. The summed E-state index contributed by atoms with van der Waals surface area (Å²) in [5, 5.41) is 59.5. The second-order valence-electron chi connectivity index (χ2n) is 50.7. The molecule has 0 fully saturated rings. The van der Waals surface area contributed by atoms with Crippen LogP contribution in [-0.4, -0.2) is 236 Å². The van der Waals surface area contributed by atoms with E-state index in [1.807, 2.05) is 23.5 Å². The Morgan fingerprint density at radius 1 is 0.259 bits per heavy atom. The lowest BCUT2D eigenvalue weighted by molar-refractivity contribution is -0.137. The molecule has 0 heterocycles. The molecule has 3 amide bonds. The van der Waals surface area contributed by atoms with Crippen molar-refractivity contribution in [2.24, 2.45) is 48.7 Å². The van der Waals surface area contributed by atoms with Crippen molar-refractivity contribution in [1.82, 2.24) is 16.0 Å². The fourth-order valence-electron chi connectivity index (χ4n) is 11.4. The first-order valence-electron chi connectivity index (χ1n) is 49.3. The molecule has 13 N–H and O–H groups in total. The maximum absolute atomic E-state index is 12.4. The van der Waals surface area contributed by atoms with Crippen molar-refractivity contribution >= 4 is 115 Å². The Morgan fingerprint density at radius 3 is 0.727 bits per heavy atom. The average Bonchev–Trinajstić information content (AvgIpc) is 0.848. The molecule has 0 saturated carbocycles. The van der Waals surface area contributed by atoms with Crippen LogP contribution in [0.15, 0.2) is 0 Å². The Morgan fingerprint density at radius 2 is 0.483 bits per heavy atom. The summed E-state index contributed by atoms with van der Waals surface area (Å²) in [5.41, 5.74) is -9.18. The number of amides is 3. The van der Waals surface area contributed by atoms with Gasteiger partial charge in [0, 0.05) is 116 Å². The Balaban J connectivity index is -0.000000556. The standard InChI is InChI=1S/C23H45O7PS.C21H41O7PS.C20H39O7P.C19H39N2O7P.C16H34NO6P/c1-21(2,3)14-16-32-15-10-12-18(24)11-9-13-19(25)20(26)23(7,8)17-29-31(27,28)30-22(4,5)6;1-19(2,3)28-29(25,26)27-15-21(7,8)18(24)17(23)13-9-11-16(22)12-10-14-30-20(4,5)6;1-18(2,3)13-12-15(21)10-9-11-16(22)17(23)20(7,8)14-26-28(24,25)27-19(4,5)6;1-17(2,3)10-12-20-14(22)9-11-21-16(24)15(23)19(7,8)13-27-29(25,26)28-18(4,5)6;1-14(2,3)9-10-17-13(19)12(18)16(7,8)11-22-24(20,21)23-15(4,5)6/h20,26H,9-17H2,1-8H3,(H,27,28);18,24H,9-15H2,1-8H3,(H,25,26);17,23H,9-14H2,1-8H3,(H,24,25);15,23H,9-13H2,1-8H3,(H,20,22)(H,21,24)(H,25,26);12,18H,9-11H2,1-8H3,(H,17,19)(H,20,21)/t;;;15-;12-/m...11/s1. The molecule has 143 heavy (non-hydrogen) atoms. The van der Waals surface area contributed by atoms with Gasteiger partial charge in [-0.1, -0.05) is 173 Å². The highest BCUT2D eigenvalue weighted by atomic mass is 32.2. The first kappa shape index (κ1) is 149. The summed E-state index contributed by atoms with van der Waals surface area (Å²) < 4.78 is 110. The Kier molecular flexibility index (Phi) is 66.6. The van der Waals surface area contributed by atoms with E-state index < -0.39 is 154 Å². The van der Waals surface area contributed by atoms with Gasteiger partial charge >= 0.3 is 39.1 Å². The van der Waals surface area contributed by atoms with Crippen LogP contribution in [0.1, 0.15) is 399 Å². The average molecular weight is 2190 g/mol. The van der Waals surface area contributed by atoms with Gasteiger partial charge in [0.2, 0.25) is 17.7 Å². The molecule has 0 aliphatic rings. The summed E-state index contributed by atoms with van der Waals surface area (Å²) in [4.78, 5) is 158. The third kappa shape index (κ3) is 86.6. The number of phosphoric ester groups is 5. The Bertz CT molecular complexity index is 4050. The van der Waals surface area contributed by atoms with E-state index in [9.17, 15) is 116 Å². The van der Waals surface area contributed by atoms with E-state index in [0.29, 0.717) is 76.3 Å². The Hall–Kier alpha value is -2.52. The smallest absolute Gasteiger partial charge is 0.385 e. The summed E-state index contributed by atoms with van der Waals surface area (Å²) in [6.07, 6.45) is 2.10. The number of hydrogen-bond acceptors (Lipinski definition) is 31. The predicted octanol–water partition coefficient (Wildman–Crippen LogP) is 20.2. The largest absolute Gasteiger partial charge is 0.472 e. The highest BCUT2D eigenvalue weighted by Gasteiger charge is 2.45. The van der Waals surface area contributed by atoms with Crippen molar-refractivity contribution < 1.29 is 161 Å². The van der Waals surface area contributed by atoms with E-state index in [4.69, 9.17) is 45.2 Å². The minimum Gasteiger partial charge on any atom is -0.385 e. The lowest BCUT2D eigenvalue weighted by Crippen LogP contribution is -2.46. The molecule has 0 aliphatic carbocycles. The van der Waals surface area contributed by atoms with E-state index in [-0.39, 0.29) is 110 Å². The molecule has 0 aromatic rings. The minimum atomic E-state index is -4.33. The van der Waals surface area contributed by atoms with E-state index >= 15 is 0 Å². The zero-order valence-electron chi connectivity index (χ0n) is 94.9. The molecule has 37 nitrogen and oxygen atoms in total. The third-order valence-electron chi connectivity index (χ3n) is 19.7. The Labute approximate surface area is 868 Å². The number of hydrogen-bond donors (Lipinski definition) is 13. The molecule has 0 rings (SSSR count). The number of ketones is 6. The van der Waals surface area contributed by atoms with Crippen LogP contribution in [0.4, 0.5) is 0 Å². The number of thioether (sulfide) groups is 2. The number of aliphatic hydroxyl groups excluding tert-OH is 5. The van der Waals surface area contributed by atoms with Crippen molar-refractivity contribution in [3.63, 3.8) is 0 Å². The SMILES string of the molecule is CC(C)(C)CCC(=O)CCCC(=O)C(O)C(C)(C)COP(=O)(O)OC(C)(C)C.CC(C)(C)CCNC(=O)CCNC(=O)[C@@H](O)C(C)(C)COP(=O)(O)OC(C)(C)C.CC(C)(C)CCNC(=O)[C@@H](O)C(C)(C)COP(=O)(O)OC(C)(C)C.CC(C)(C)CCSCCCC(=O)CCCC(=O)C(O)C(C)(C)COP(=O)(O)OC(C)(C)C.CC(C)(C)OP(=O)(O)OCC(C)(C)C(O)C(=O)CCCC(=O)CCCSC(C)(C)C. The highest BCUT2D eigenvalue weighted by molar-refractivity contribution is 8.00. The summed E-state index contributed by atoms with van der Waals surface area (Å²) in [6.45, 7) is 71.0. The monoisotopic (exact) mass is 2190 g/mol. The number of rotatable bonds is 61. The second kappa shape index (κ2) is 64.0. The number of phosphoric acid groups is 5. The van der Waals surface area contributed by atoms with Crippen molar-refractivity contribution in [3.05, 3.63) is 0 Å². The summed E-state index contributed by atoms with van der Waals surface area (Å²) in [6, 6.07) is 0. The van der Waals surface area contributed by atoms with Crippen LogP contribution in [0.2, 0.25) is 0 Å². The number of aliphatic hydroxyl groups is 5. The van der Waals surface area contributed by atoms with E-state index in [2.05, 4.69) is 120 Å². The normalized spacial score (nSPS) is 16.3. The molecule has 8 unspecified atom stereocenters. The quantitative estimate of drug-likeness (QED) is 0.0199. The number of nitrogens with one attached hydrogen (secondary N) is 3. The van der Waals surface area contributed by atoms with Crippen LogP contribution in [0.5, 0.6) is 0 Å². The van der Waals surface area contributed by atoms with Gasteiger partial charge in [-0.15, -0.1) is 0 Å². The number of carbonyl (C=O) groups is 9. The number of Topliss-reactive ketones (excluding diaryl/α,β-unsaturated/α-hetero) is 6.